The number of carbonyl (C=O) groups excluding carboxylic acids is 1. The fourth-order valence-corrected chi connectivity index (χ4v) is 4.50. The number of ether oxygens (including phenoxy) is 2. The second kappa shape index (κ2) is 6.77. The summed E-state index contributed by atoms with van der Waals surface area (Å²) in [5, 5.41) is 10.1. The van der Waals surface area contributed by atoms with E-state index in [1.807, 2.05) is 18.2 Å². The molecule has 2 aliphatic rings. The van der Waals surface area contributed by atoms with Crippen LogP contribution in [0.2, 0.25) is 0 Å². The van der Waals surface area contributed by atoms with Gasteiger partial charge in [-0.25, -0.2) is 9.79 Å². The van der Waals surface area contributed by atoms with Gasteiger partial charge in [-0.05, 0) is 43.4 Å². The van der Waals surface area contributed by atoms with Gasteiger partial charge in [0.25, 0.3) is 0 Å². The Labute approximate surface area is 155 Å². The molecule has 1 aliphatic carbocycles. The summed E-state index contributed by atoms with van der Waals surface area (Å²) in [5.41, 5.74) is 2.60. The van der Waals surface area contributed by atoms with Crippen molar-refractivity contribution in [3.8, 4) is 11.8 Å². The predicted molar refractivity (Wildman–Crippen MR) is 99.8 cm³/mol. The van der Waals surface area contributed by atoms with E-state index in [1.165, 1.54) is 16.2 Å². The molecule has 0 atom stereocenters. The zero-order valence-electron chi connectivity index (χ0n) is 14.2. The van der Waals surface area contributed by atoms with Crippen LogP contribution in [-0.2, 0) is 22.4 Å². The molecular formula is C20H16N2O3S. The van der Waals surface area contributed by atoms with Gasteiger partial charge in [0.2, 0.25) is 0 Å². The number of thiophene rings is 1. The molecule has 0 bridgehead atoms. The molecule has 0 radical (unpaired) electrons. The van der Waals surface area contributed by atoms with Gasteiger partial charge < -0.3 is 9.47 Å². The van der Waals surface area contributed by atoms with Crippen molar-refractivity contribution in [2.24, 2.45) is 4.99 Å². The lowest BCUT2D eigenvalue weighted by Gasteiger charge is -2.09. The molecule has 0 saturated heterocycles. The first-order chi connectivity index (χ1) is 12.7. The number of hydrogen-bond donors (Lipinski definition) is 0. The third kappa shape index (κ3) is 2.80. The number of nitriles is 1. The molecule has 1 aromatic carbocycles. The Kier molecular flexibility index (Phi) is 4.31. The number of carbonyl (C=O) groups is 1. The van der Waals surface area contributed by atoms with E-state index in [9.17, 15) is 10.1 Å². The molecule has 0 N–H and O–H groups in total. The number of esters is 1. The SMILES string of the molecule is COc1ccccc1C1=C/C(=N\c2sc3c(c2C#N)CCCC3)C(=O)O1. The molecule has 4 rings (SSSR count). The van der Waals surface area contributed by atoms with E-state index in [2.05, 4.69) is 11.1 Å². The topological polar surface area (TPSA) is 71.7 Å². The summed E-state index contributed by atoms with van der Waals surface area (Å²) in [6.45, 7) is 0. The van der Waals surface area contributed by atoms with Crippen LogP contribution in [0.5, 0.6) is 5.75 Å². The number of methoxy groups -OCH3 is 1. The first kappa shape index (κ1) is 16.6. The van der Waals surface area contributed by atoms with Crippen molar-refractivity contribution in [3.05, 3.63) is 51.9 Å². The maximum Gasteiger partial charge on any atom is 0.362 e. The summed E-state index contributed by atoms with van der Waals surface area (Å²) in [6, 6.07) is 9.60. The molecule has 1 aliphatic heterocycles. The van der Waals surface area contributed by atoms with Gasteiger partial charge in [-0.2, -0.15) is 5.26 Å². The summed E-state index contributed by atoms with van der Waals surface area (Å²) in [6.07, 6.45) is 5.72. The third-order valence-electron chi connectivity index (χ3n) is 4.54. The van der Waals surface area contributed by atoms with Crippen LogP contribution < -0.4 is 4.74 Å². The van der Waals surface area contributed by atoms with Gasteiger partial charge in [0.15, 0.2) is 5.71 Å². The summed E-state index contributed by atoms with van der Waals surface area (Å²) in [4.78, 5) is 18.0. The summed E-state index contributed by atoms with van der Waals surface area (Å²) in [7, 11) is 1.57. The van der Waals surface area contributed by atoms with Crippen molar-refractivity contribution in [2.45, 2.75) is 25.7 Å². The van der Waals surface area contributed by atoms with Gasteiger partial charge in [-0.15, -0.1) is 11.3 Å². The maximum absolute atomic E-state index is 12.3. The smallest absolute Gasteiger partial charge is 0.362 e. The molecule has 0 spiro atoms. The Morgan fingerprint density at radius 2 is 2.08 bits per heavy atom. The number of aryl methyl sites for hydroxylation is 1. The van der Waals surface area contributed by atoms with Crippen LogP contribution in [0.3, 0.4) is 0 Å². The lowest BCUT2D eigenvalue weighted by Crippen LogP contribution is -2.06. The molecule has 2 heterocycles. The number of fused-ring (bicyclic) bond motifs is 1. The Morgan fingerprint density at radius 1 is 1.27 bits per heavy atom. The molecule has 0 unspecified atom stereocenters. The molecule has 26 heavy (non-hydrogen) atoms. The number of hydrogen-bond acceptors (Lipinski definition) is 6. The fraction of sp³-hybridized carbons (Fsp3) is 0.250. The van der Waals surface area contributed by atoms with Gasteiger partial charge in [0, 0.05) is 11.0 Å². The second-order valence-electron chi connectivity index (χ2n) is 6.10. The minimum absolute atomic E-state index is 0.209. The number of nitrogens with zero attached hydrogens (tertiary/aromatic N) is 2. The largest absolute Gasteiger partial charge is 0.496 e. The molecule has 0 saturated carbocycles. The highest BCUT2D eigenvalue weighted by molar-refractivity contribution is 7.16. The van der Waals surface area contributed by atoms with Gasteiger partial charge in [0.1, 0.15) is 22.6 Å². The number of aliphatic imine (C=N–C) groups is 1. The van der Waals surface area contributed by atoms with Crippen molar-refractivity contribution < 1.29 is 14.3 Å². The monoisotopic (exact) mass is 364 g/mol. The van der Waals surface area contributed by atoms with Crippen LogP contribution >= 0.6 is 11.3 Å². The zero-order valence-corrected chi connectivity index (χ0v) is 15.1. The number of para-hydroxylation sites is 1. The number of rotatable bonds is 3. The number of cyclic esters (lactones) is 1. The second-order valence-corrected chi connectivity index (χ2v) is 7.18. The van der Waals surface area contributed by atoms with Gasteiger partial charge >= 0.3 is 5.97 Å². The summed E-state index contributed by atoms with van der Waals surface area (Å²) in [5.74, 6) is 0.518. The first-order valence-corrected chi connectivity index (χ1v) is 9.23. The van der Waals surface area contributed by atoms with Crippen molar-refractivity contribution >= 4 is 33.8 Å². The fourth-order valence-electron chi connectivity index (χ4n) is 3.28. The van der Waals surface area contributed by atoms with E-state index >= 15 is 0 Å². The lowest BCUT2D eigenvalue weighted by atomic mass is 9.96. The van der Waals surface area contributed by atoms with E-state index in [4.69, 9.17) is 9.47 Å². The molecule has 1 aromatic heterocycles. The van der Waals surface area contributed by atoms with Crippen LogP contribution in [0.1, 0.15) is 34.4 Å². The Bertz CT molecular complexity index is 995. The maximum atomic E-state index is 12.3. The zero-order chi connectivity index (χ0) is 18.1. The summed E-state index contributed by atoms with van der Waals surface area (Å²) >= 11 is 1.51. The first-order valence-electron chi connectivity index (χ1n) is 8.42. The Balaban J connectivity index is 1.75. The van der Waals surface area contributed by atoms with Crippen LogP contribution in [-0.4, -0.2) is 18.8 Å². The minimum atomic E-state index is -0.513. The lowest BCUT2D eigenvalue weighted by molar-refractivity contribution is -0.128. The molecular weight excluding hydrogens is 348 g/mol. The summed E-state index contributed by atoms with van der Waals surface area (Å²) < 4.78 is 10.7. The standard InChI is InChI=1S/C20H16N2O3S/c1-24-16-8-4-2-7-13(16)17-10-15(20(23)25-17)22-19-14(11-21)12-6-3-5-9-18(12)26-19/h2,4,7-8,10H,3,5-6,9H2,1H3/b22-15+. The highest BCUT2D eigenvalue weighted by Crippen LogP contribution is 2.40. The van der Waals surface area contributed by atoms with E-state index < -0.39 is 5.97 Å². The van der Waals surface area contributed by atoms with Crippen molar-refractivity contribution in [2.75, 3.05) is 7.11 Å². The van der Waals surface area contributed by atoms with E-state index in [1.54, 1.807) is 19.3 Å². The average molecular weight is 364 g/mol. The molecule has 130 valence electrons. The van der Waals surface area contributed by atoms with Crippen molar-refractivity contribution in [3.63, 3.8) is 0 Å². The van der Waals surface area contributed by atoms with Crippen LogP contribution in [0, 0.1) is 11.3 Å². The van der Waals surface area contributed by atoms with Gasteiger partial charge in [0.05, 0.1) is 18.2 Å². The molecule has 0 fully saturated rings. The van der Waals surface area contributed by atoms with Crippen LogP contribution in [0.4, 0.5) is 5.00 Å². The van der Waals surface area contributed by atoms with Gasteiger partial charge in [-0.3, -0.25) is 0 Å². The van der Waals surface area contributed by atoms with Crippen LogP contribution in [0.15, 0.2) is 35.3 Å². The molecule has 0 amide bonds. The normalized spacial score (nSPS) is 17.5. The Hall–Kier alpha value is -2.91. The minimum Gasteiger partial charge on any atom is -0.496 e. The van der Waals surface area contributed by atoms with Gasteiger partial charge in [-0.1, -0.05) is 12.1 Å². The van der Waals surface area contributed by atoms with E-state index in [0.717, 1.165) is 31.2 Å². The highest BCUT2D eigenvalue weighted by atomic mass is 32.1. The van der Waals surface area contributed by atoms with Crippen LogP contribution in [0.25, 0.3) is 5.76 Å². The Morgan fingerprint density at radius 3 is 2.88 bits per heavy atom. The van der Waals surface area contributed by atoms with Crippen molar-refractivity contribution in [1.29, 1.82) is 5.26 Å². The number of benzene rings is 1. The highest BCUT2D eigenvalue weighted by Gasteiger charge is 2.27. The molecule has 6 heteroatoms. The van der Waals surface area contributed by atoms with E-state index in [-0.39, 0.29) is 5.71 Å². The third-order valence-corrected chi connectivity index (χ3v) is 5.72. The molecule has 2 aromatic rings. The quantitative estimate of drug-likeness (QED) is 0.766. The average Bonchev–Trinajstić information content (AvgIpc) is 3.21. The van der Waals surface area contributed by atoms with Crippen molar-refractivity contribution in [1.82, 2.24) is 0 Å². The molecule has 5 nitrogen and oxygen atoms in total. The van der Waals surface area contributed by atoms with E-state index in [0.29, 0.717) is 27.6 Å². The predicted octanol–water partition coefficient (Wildman–Crippen LogP) is 4.18.